The molecule has 5 heteroatoms. The van der Waals surface area contributed by atoms with Gasteiger partial charge in [0.2, 0.25) is 0 Å². The van der Waals surface area contributed by atoms with E-state index in [9.17, 15) is 18.3 Å². The van der Waals surface area contributed by atoms with Crippen molar-refractivity contribution < 1.29 is 18.3 Å². The first kappa shape index (κ1) is 13.4. The summed E-state index contributed by atoms with van der Waals surface area (Å²) in [5.41, 5.74) is -0.260. The van der Waals surface area contributed by atoms with E-state index in [0.29, 0.717) is 0 Å². The van der Waals surface area contributed by atoms with Crippen LogP contribution in [0.2, 0.25) is 0 Å². The highest BCUT2D eigenvalue weighted by molar-refractivity contribution is 5.46. The monoisotopic (exact) mass is 267 g/mol. The molecule has 2 aromatic rings. The SMILES string of the molecule is OC(CNc1c(F)cccc1F)c1ccccc1F. The van der Waals surface area contributed by atoms with Gasteiger partial charge in [-0.25, -0.2) is 13.2 Å². The molecule has 0 bridgehead atoms. The van der Waals surface area contributed by atoms with E-state index in [-0.39, 0.29) is 17.8 Å². The zero-order valence-corrected chi connectivity index (χ0v) is 9.91. The predicted molar refractivity (Wildman–Crippen MR) is 66.2 cm³/mol. The summed E-state index contributed by atoms with van der Waals surface area (Å²) >= 11 is 0. The highest BCUT2D eigenvalue weighted by Gasteiger charge is 2.14. The molecule has 0 aliphatic heterocycles. The van der Waals surface area contributed by atoms with Crippen molar-refractivity contribution in [3.63, 3.8) is 0 Å². The van der Waals surface area contributed by atoms with Crippen LogP contribution >= 0.6 is 0 Å². The molecule has 0 saturated carbocycles. The molecule has 0 heterocycles. The molecule has 1 atom stereocenters. The van der Waals surface area contributed by atoms with Crippen molar-refractivity contribution in [3.8, 4) is 0 Å². The third kappa shape index (κ3) is 3.06. The van der Waals surface area contributed by atoms with Gasteiger partial charge in [-0.15, -0.1) is 0 Å². The van der Waals surface area contributed by atoms with E-state index in [0.717, 1.165) is 12.1 Å². The summed E-state index contributed by atoms with van der Waals surface area (Å²) in [6, 6.07) is 9.13. The minimum Gasteiger partial charge on any atom is -0.386 e. The van der Waals surface area contributed by atoms with Gasteiger partial charge in [0.25, 0.3) is 0 Å². The quantitative estimate of drug-likeness (QED) is 0.891. The Morgan fingerprint density at radius 1 is 0.895 bits per heavy atom. The van der Waals surface area contributed by atoms with Crippen LogP contribution < -0.4 is 5.32 Å². The van der Waals surface area contributed by atoms with Crippen molar-refractivity contribution in [3.05, 3.63) is 65.5 Å². The van der Waals surface area contributed by atoms with Crippen molar-refractivity contribution in [2.75, 3.05) is 11.9 Å². The van der Waals surface area contributed by atoms with E-state index in [1.54, 1.807) is 6.07 Å². The molecule has 19 heavy (non-hydrogen) atoms. The highest BCUT2D eigenvalue weighted by Crippen LogP contribution is 2.21. The molecule has 2 nitrogen and oxygen atoms in total. The van der Waals surface area contributed by atoms with Gasteiger partial charge >= 0.3 is 0 Å². The number of benzene rings is 2. The minimum atomic E-state index is -1.19. The lowest BCUT2D eigenvalue weighted by atomic mass is 10.1. The maximum Gasteiger partial charge on any atom is 0.149 e. The Morgan fingerprint density at radius 3 is 2.11 bits per heavy atom. The van der Waals surface area contributed by atoms with Crippen LogP contribution in [0.3, 0.4) is 0 Å². The molecule has 2 rings (SSSR count). The summed E-state index contributed by atoms with van der Waals surface area (Å²) < 4.78 is 40.0. The van der Waals surface area contributed by atoms with E-state index in [1.165, 1.54) is 24.3 Å². The van der Waals surface area contributed by atoms with E-state index < -0.39 is 23.6 Å². The molecule has 0 amide bonds. The average molecular weight is 267 g/mol. The highest BCUT2D eigenvalue weighted by atomic mass is 19.1. The van der Waals surface area contributed by atoms with Crippen LogP contribution in [0.4, 0.5) is 18.9 Å². The minimum absolute atomic E-state index is 0.0757. The Bertz CT molecular complexity index is 554. The van der Waals surface area contributed by atoms with Crippen LogP contribution in [0.25, 0.3) is 0 Å². The Balaban J connectivity index is 2.09. The predicted octanol–water partition coefficient (Wildman–Crippen LogP) is 3.25. The van der Waals surface area contributed by atoms with Gasteiger partial charge in [-0.2, -0.15) is 0 Å². The van der Waals surface area contributed by atoms with Crippen LogP contribution in [0.1, 0.15) is 11.7 Å². The number of anilines is 1. The van der Waals surface area contributed by atoms with E-state index in [1.807, 2.05) is 0 Å². The Labute approximate surface area is 108 Å². The van der Waals surface area contributed by atoms with Gasteiger partial charge in [-0.1, -0.05) is 24.3 Å². The fourth-order valence-electron chi connectivity index (χ4n) is 1.72. The van der Waals surface area contributed by atoms with Gasteiger partial charge in [0.05, 0.1) is 6.10 Å². The summed E-state index contributed by atoms with van der Waals surface area (Å²) in [7, 11) is 0. The summed E-state index contributed by atoms with van der Waals surface area (Å²) in [5, 5.41) is 12.2. The number of aliphatic hydroxyl groups is 1. The first-order chi connectivity index (χ1) is 9.09. The molecule has 0 aromatic heterocycles. The van der Waals surface area contributed by atoms with Crippen molar-refractivity contribution in [2.24, 2.45) is 0 Å². The molecule has 2 aromatic carbocycles. The second kappa shape index (κ2) is 5.75. The molecule has 0 spiro atoms. The Kier molecular flexibility index (Phi) is 4.06. The van der Waals surface area contributed by atoms with E-state index >= 15 is 0 Å². The Morgan fingerprint density at radius 2 is 1.47 bits per heavy atom. The largest absolute Gasteiger partial charge is 0.386 e. The fourth-order valence-corrected chi connectivity index (χ4v) is 1.72. The standard InChI is InChI=1S/C14H12F3NO/c15-10-5-2-1-4-9(10)13(19)8-18-14-11(16)6-3-7-12(14)17/h1-7,13,18-19H,8H2. The Hall–Kier alpha value is -2.01. The maximum atomic E-state index is 13.4. The van der Waals surface area contributed by atoms with Gasteiger partial charge in [0.1, 0.15) is 23.1 Å². The number of hydrogen-bond donors (Lipinski definition) is 2. The van der Waals surface area contributed by atoms with Crippen molar-refractivity contribution in [1.82, 2.24) is 0 Å². The smallest absolute Gasteiger partial charge is 0.149 e. The summed E-state index contributed by atoms with van der Waals surface area (Å²) in [6.07, 6.45) is -1.19. The molecule has 0 aliphatic rings. The molecule has 0 aliphatic carbocycles. The molecule has 100 valence electrons. The summed E-state index contributed by atoms with van der Waals surface area (Å²) in [5.74, 6) is -2.09. The number of nitrogens with one attached hydrogen (secondary N) is 1. The second-order valence-corrected chi connectivity index (χ2v) is 4.01. The van der Waals surface area contributed by atoms with Crippen molar-refractivity contribution in [1.29, 1.82) is 0 Å². The number of aliphatic hydroxyl groups excluding tert-OH is 1. The van der Waals surface area contributed by atoms with Crippen molar-refractivity contribution >= 4 is 5.69 Å². The third-order valence-electron chi connectivity index (χ3n) is 2.70. The summed E-state index contributed by atoms with van der Waals surface area (Å²) in [6.45, 7) is -0.196. The van der Waals surface area contributed by atoms with Crippen LogP contribution in [-0.2, 0) is 0 Å². The molecule has 2 N–H and O–H groups in total. The van der Waals surface area contributed by atoms with Gasteiger partial charge in [0, 0.05) is 12.1 Å². The molecular formula is C14H12F3NO. The number of hydrogen-bond acceptors (Lipinski definition) is 2. The maximum absolute atomic E-state index is 13.4. The van der Waals surface area contributed by atoms with Gasteiger partial charge < -0.3 is 10.4 Å². The molecule has 0 saturated heterocycles. The third-order valence-corrected chi connectivity index (χ3v) is 2.70. The molecule has 1 unspecified atom stereocenters. The van der Waals surface area contributed by atoms with E-state index in [4.69, 9.17) is 0 Å². The average Bonchev–Trinajstić information content (AvgIpc) is 2.38. The lowest BCUT2D eigenvalue weighted by Crippen LogP contribution is -2.15. The first-order valence-corrected chi connectivity index (χ1v) is 5.70. The number of para-hydroxylation sites is 1. The van der Waals surface area contributed by atoms with E-state index in [2.05, 4.69) is 5.32 Å². The molecule has 0 radical (unpaired) electrons. The van der Waals surface area contributed by atoms with Crippen LogP contribution in [0, 0.1) is 17.5 Å². The summed E-state index contributed by atoms with van der Waals surface area (Å²) in [4.78, 5) is 0. The fraction of sp³-hybridized carbons (Fsp3) is 0.143. The van der Waals surface area contributed by atoms with Gasteiger partial charge in [-0.05, 0) is 18.2 Å². The zero-order valence-electron chi connectivity index (χ0n) is 9.91. The number of halogens is 3. The van der Waals surface area contributed by atoms with Gasteiger partial charge in [-0.3, -0.25) is 0 Å². The van der Waals surface area contributed by atoms with Crippen molar-refractivity contribution in [2.45, 2.75) is 6.10 Å². The lowest BCUT2D eigenvalue weighted by Gasteiger charge is -2.14. The van der Waals surface area contributed by atoms with Crippen LogP contribution in [0.5, 0.6) is 0 Å². The second-order valence-electron chi connectivity index (χ2n) is 4.01. The van der Waals surface area contributed by atoms with Crippen LogP contribution in [0.15, 0.2) is 42.5 Å². The molecule has 0 fully saturated rings. The normalized spacial score (nSPS) is 12.2. The first-order valence-electron chi connectivity index (χ1n) is 5.70. The topological polar surface area (TPSA) is 32.3 Å². The van der Waals surface area contributed by atoms with Crippen LogP contribution in [-0.4, -0.2) is 11.7 Å². The number of rotatable bonds is 4. The zero-order chi connectivity index (χ0) is 13.8. The molecular weight excluding hydrogens is 255 g/mol. The lowest BCUT2D eigenvalue weighted by molar-refractivity contribution is 0.186. The van der Waals surface area contributed by atoms with Gasteiger partial charge in [0.15, 0.2) is 0 Å².